The second kappa shape index (κ2) is 11.4. The monoisotopic (exact) mass is 361 g/mol. The Labute approximate surface area is 156 Å². The highest BCUT2D eigenvalue weighted by Gasteiger charge is 2.20. The number of para-hydroxylation sites is 1. The van der Waals surface area contributed by atoms with E-state index in [1.54, 1.807) is 7.11 Å². The maximum Gasteiger partial charge on any atom is 0.241 e. The number of carbonyl (C=O) groups excluding carboxylic acids is 1. The van der Waals surface area contributed by atoms with Crippen LogP contribution in [0.25, 0.3) is 0 Å². The maximum atomic E-state index is 11.8. The molecule has 1 saturated heterocycles. The van der Waals surface area contributed by atoms with E-state index in [9.17, 15) is 4.79 Å². The molecule has 1 aromatic carbocycles. The summed E-state index contributed by atoms with van der Waals surface area (Å²) in [5.41, 5.74) is 1.25. The zero-order valence-electron chi connectivity index (χ0n) is 15.8. The fourth-order valence-electron chi connectivity index (χ4n) is 2.98. The smallest absolute Gasteiger partial charge is 0.241 e. The summed E-state index contributed by atoms with van der Waals surface area (Å²) in [6, 6.07) is 10.8. The number of amides is 1. The van der Waals surface area contributed by atoms with Crippen LogP contribution in [0.5, 0.6) is 0 Å². The topological polar surface area (TPSA) is 78.0 Å². The summed E-state index contributed by atoms with van der Waals surface area (Å²) in [7, 11) is 1.61. The van der Waals surface area contributed by atoms with E-state index in [4.69, 9.17) is 4.74 Å². The maximum absolute atomic E-state index is 11.8. The molecule has 1 atom stereocenters. The molecule has 1 aromatic rings. The lowest BCUT2D eigenvalue weighted by Gasteiger charge is -2.35. The first kappa shape index (κ1) is 20.0. The third kappa shape index (κ3) is 6.92. The van der Waals surface area contributed by atoms with Crippen LogP contribution in [0.4, 0.5) is 5.69 Å². The van der Waals surface area contributed by atoms with Crippen LogP contribution in [-0.2, 0) is 9.53 Å². The molecule has 0 spiro atoms. The molecule has 1 aliphatic heterocycles. The summed E-state index contributed by atoms with van der Waals surface area (Å²) < 4.78 is 4.92. The highest BCUT2D eigenvalue weighted by molar-refractivity contribution is 5.85. The van der Waals surface area contributed by atoms with E-state index in [-0.39, 0.29) is 12.5 Å². The van der Waals surface area contributed by atoms with Gasteiger partial charge in [-0.2, -0.15) is 0 Å². The van der Waals surface area contributed by atoms with Gasteiger partial charge in [-0.3, -0.25) is 4.79 Å². The van der Waals surface area contributed by atoms with E-state index in [0.29, 0.717) is 25.2 Å². The Kier molecular flexibility index (Phi) is 8.75. The van der Waals surface area contributed by atoms with Crippen LogP contribution >= 0.6 is 0 Å². The van der Waals surface area contributed by atoms with Crippen LogP contribution in [0.2, 0.25) is 0 Å². The molecule has 1 fully saturated rings. The lowest BCUT2D eigenvalue weighted by molar-refractivity contribution is -0.119. The van der Waals surface area contributed by atoms with Crippen molar-refractivity contribution in [1.82, 2.24) is 16.0 Å². The largest absolute Gasteiger partial charge is 0.383 e. The number of benzene rings is 1. The van der Waals surface area contributed by atoms with Crippen molar-refractivity contribution < 1.29 is 9.53 Å². The van der Waals surface area contributed by atoms with Crippen molar-refractivity contribution in [1.29, 1.82) is 0 Å². The molecule has 2 rings (SSSR count). The van der Waals surface area contributed by atoms with Crippen LogP contribution in [0, 0.1) is 0 Å². The van der Waals surface area contributed by atoms with E-state index in [0.717, 1.165) is 32.5 Å². The summed E-state index contributed by atoms with van der Waals surface area (Å²) in [5, 5.41) is 9.47. The molecule has 0 aliphatic carbocycles. The first-order valence-electron chi connectivity index (χ1n) is 9.33. The van der Waals surface area contributed by atoms with Gasteiger partial charge in [-0.05, 0) is 31.9 Å². The number of rotatable bonds is 8. The van der Waals surface area contributed by atoms with E-state index >= 15 is 0 Å². The van der Waals surface area contributed by atoms with Gasteiger partial charge in [0.05, 0.1) is 6.61 Å². The predicted octanol–water partition coefficient (Wildman–Crippen LogP) is 0.973. The fraction of sp³-hybridized carbons (Fsp3) is 0.579. The van der Waals surface area contributed by atoms with Gasteiger partial charge in [-0.1, -0.05) is 18.2 Å². The number of nitrogens with one attached hydrogen (secondary N) is 3. The Balaban J connectivity index is 1.87. The van der Waals surface area contributed by atoms with Gasteiger partial charge in [0.2, 0.25) is 5.91 Å². The highest BCUT2D eigenvalue weighted by atomic mass is 16.5. The van der Waals surface area contributed by atoms with Gasteiger partial charge in [-0.25, -0.2) is 4.99 Å². The summed E-state index contributed by atoms with van der Waals surface area (Å²) in [6.07, 6.45) is 2.22. The molecule has 0 radical (unpaired) electrons. The standard InChI is InChI=1S/C19H31N5O2/c1-3-20-19(22-14-18(25)21-11-13-26-2)23-16-8-7-12-24(15-16)17-9-5-4-6-10-17/h4-6,9-10,16H,3,7-8,11-15H2,1-2H3,(H,21,25)(H2,20,22,23). The minimum atomic E-state index is -0.103. The first-order chi connectivity index (χ1) is 12.7. The van der Waals surface area contributed by atoms with Crippen molar-refractivity contribution in [2.75, 3.05) is 51.3 Å². The molecule has 1 heterocycles. The average molecular weight is 361 g/mol. The van der Waals surface area contributed by atoms with Crippen molar-refractivity contribution in [3.8, 4) is 0 Å². The van der Waals surface area contributed by atoms with Crippen molar-refractivity contribution in [2.45, 2.75) is 25.8 Å². The van der Waals surface area contributed by atoms with E-state index in [2.05, 4.69) is 50.1 Å². The number of nitrogens with zero attached hydrogens (tertiary/aromatic N) is 2. The average Bonchev–Trinajstić information content (AvgIpc) is 2.67. The zero-order chi connectivity index (χ0) is 18.6. The van der Waals surface area contributed by atoms with Gasteiger partial charge in [-0.15, -0.1) is 0 Å². The van der Waals surface area contributed by atoms with Gasteiger partial charge in [0.1, 0.15) is 6.54 Å². The summed E-state index contributed by atoms with van der Waals surface area (Å²) in [5.74, 6) is 0.586. The molecule has 1 unspecified atom stereocenters. The molecule has 0 aromatic heterocycles. The molecule has 1 aliphatic rings. The number of carbonyl (C=O) groups is 1. The van der Waals surface area contributed by atoms with Crippen LogP contribution in [0.15, 0.2) is 35.3 Å². The molecule has 3 N–H and O–H groups in total. The van der Waals surface area contributed by atoms with Crippen molar-refractivity contribution >= 4 is 17.6 Å². The molecule has 26 heavy (non-hydrogen) atoms. The first-order valence-corrected chi connectivity index (χ1v) is 9.33. The summed E-state index contributed by atoms with van der Waals surface area (Å²) >= 11 is 0. The van der Waals surface area contributed by atoms with E-state index in [1.165, 1.54) is 5.69 Å². The van der Waals surface area contributed by atoms with Crippen LogP contribution < -0.4 is 20.9 Å². The van der Waals surface area contributed by atoms with Gasteiger partial charge in [0, 0.05) is 45.0 Å². The second-order valence-electron chi connectivity index (χ2n) is 6.30. The van der Waals surface area contributed by atoms with Gasteiger partial charge in [0.15, 0.2) is 5.96 Å². The predicted molar refractivity (Wildman–Crippen MR) is 106 cm³/mol. The normalized spacial score (nSPS) is 17.7. The number of anilines is 1. The Morgan fingerprint density at radius 2 is 2.12 bits per heavy atom. The number of guanidine groups is 1. The number of aliphatic imine (C=N–C) groups is 1. The number of piperidine rings is 1. The Hall–Kier alpha value is -2.28. The number of hydrogen-bond acceptors (Lipinski definition) is 4. The quantitative estimate of drug-likeness (QED) is 0.365. The fourth-order valence-corrected chi connectivity index (χ4v) is 2.98. The summed E-state index contributed by atoms with van der Waals surface area (Å²) in [6.45, 7) is 5.88. The zero-order valence-corrected chi connectivity index (χ0v) is 15.8. The van der Waals surface area contributed by atoms with Gasteiger partial charge < -0.3 is 25.6 Å². The number of ether oxygens (including phenoxy) is 1. The molecule has 144 valence electrons. The SMILES string of the molecule is CCNC(=NCC(=O)NCCOC)NC1CCCN(c2ccccc2)C1. The second-order valence-corrected chi connectivity index (χ2v) is 6.30. The van der Waals surface area contributed by atoms with Gasteiger partial charge in [0.25, 0.3) is 0 Å². The third-order valence-electron chi connectivity index (χ3n) is 4.24. The molecule has 0 bridgehead atoms. The minimum absolute atomic E-state index is 0.103. The highest BCUT2D eigenvalue weighted by Crippen LogP contribution is 2.19. The number of hydrogen-bond donors (Lipinski definition) is 3. The molecular weight excluding hydrogens is 330 g/mol. The van der Waals surface area contributed by atoms with E-state index < -0.39 is 0 Å². The Bertz CT molecular complexity index is 564. The lowest BCUT2D eigenvalue weighted by Crippen LogP contribution is -2.51. The Morgan fingerprint density at radius 3 is 2.85 bits per heavy atom. The van der Waals surface area contributed by atoms with Crippen LogP contribution in [0.3, 0.4) is 0 Å². The molecule has 7 nitrogen and oxygen atoms in total. The molecule has 1 amide bonds. The van der Waals surface area contributed by atoms with Crippen LogP contribution in [0.1, 0.15) is 19.8 Å². The van der Waals surface area contributed by atoms with Gasteiger partial charge >= 0.3 is 0 Å². The molecule has 0 saturated carbocycles. The molecular formula is C19H31N5O2. The third-order valence-corrected chi connectivity index (χ3v) is 4.24. The summed E-state index contributed by atoms with van der Waals surface area (Å²) in [4.78, 5) is 18.6. The van der Waals surface area contributed by atoms with Crippen molar-refractivity contribution in [3.05, 3.63) is 30.3 Å². The molecule has 7 heteroatoms. The van der Waals surface area contributed by atoms with Crippen molar-refractivity contribution in [2.24, 2.45) is 4.99 Å². The minimum Gasteiger partial charge on any atom is -0.383 e. The van der Waals surface area contributed by atoms with E-state index in [1.807, 2.05) is 13.0 Å². The number of methoxy groups -OCH3 is 1. The van der Waals surface area contributed by atoms with Crippen molar-refractivity contribution in [3.63, 3.8) is 0 Å². The lowest BCUT2D eigenvalue weighted by atomic mass is 10.1. The Morgan fingerprint density at radius 1 is 1.31 bits per heavy atom. The van der Waals surface area contributed by atoms with Crippen LogP contribution in [-0.4, -0.2) is 64.3 Å².